The summed E-state index contributed by atoms with van der Waals surface area (Å²) in [4.78, 5) is 2.14. The number of hydrogen-bond acceptors (Lipinski definition) is 2. The summed E-state index contributed by atoms with van der Waals surface area (Å²) < 4.78 is -1.27. The van der Waals surface area contributed by atoms with Crippen molar-refractivity contribution < 1.29 is 5.11 Å². The van der Waals surface area contributed by atoms with Gasteiger partial charge in [-0.2, -0.15) is 0 Å². The molecule has 70 valence electrons. The standard InChI is InChI=1S/C5H8Br3N3O/c1-4(2,5(7,8)12)3(6)10-11-9/h3,12H,1-2H3. The Balaban J connectivity index is 4.72. The van der Waals surface area contributed by atoms with Crippen LogP contribution in [0.3, 0.4) is 0 Å². The van der Waals surface area contributed by atoms with Crippen LogP contribution in [-0.4, -0.2) is 13.5 Å². The third-order valence-corrected chi connectivity index (χ3v) is 4.90. The summed E-state index contributed by atoms with van der Waals surface area (Å²) in [6.07, 6.45) is 0. The van der Waals surface area contributed by atoms with Gasteiger partial charge in [0.25, 0.3) is 0 Å². The number of aliphatic hydroxyl groups is 1. The minimum absolute atomic E-state index is 0.501. The van der Waals surface area contributed by atoms with Crippen LogP contribution in [-0.2, 0) is 0 Å². The van der Waals surface area contributed by atoms with Gasteiger partial charge in [0.05, 0.1) is 0 Å². The molecule has 0 rings (SSSR count). The predicted molar refractivity (Wildman–Crippen MR) is 58.4 cm³/mol. The highest BCUT2D eigenvalue weighted by Gasteiger charge is 2.44. The molecule has 1 N–H and O–H groups in total. The highest BCUT2D eigenvalue weighted by molar-refractivity contribution is 9.25. The Morgan fingerprint density at radius 3 is 2.17 bits per heavy atom. The first kappa shape index (κ1) is 12.7. The van der Waals surface area contributed by atoms with E-state index in [0.717, 1.165) is 0 Å². The van der Waals surface area contributed by atoms with Gasteiger partial charge in [0.15, 0.2) is 3.42 Å². The molecule has 1 unspecified atom stereocenters. The molecule has 0 fully saturated rings. The molecule has 0 aromatic rings. The third kappa shape index (κ3) is 2.88. The molecule has 4 nitrogen and oxygen atoms in total. The first-order valence-corrected chi connectivity index (χ1v) is 5.52. The summed E-state index contributed by atoms with van der Waals surface area (Å²) >= 11 is 9.21. The van der Waals surface area contributed by atoms with Gasteiger partial charge in [-0.15, -0.1) is 0 Å². The van der Waals surface area contributed by atoms with E-state index in [1.165, 1.54) is 0 Å². The van der Waals surface area contributed by atoms with Crippen LogP contribution >= 0.6 is 47.8 Å². The highest BCUT2D eigenvalue weighted by atomic mass is 79.9. The molecule has 0 amide bonds. The van der Waals surface area contributed by atoms with Gasteiger partial charge in [0.1, 0.15) is 4.95 Å². The Hall–Kier alpha value is 0.710. The molecule has 0 radical (unpaired) electrons. The van der Waals surface area contributed by atoms with Gasteiger partial charge in [0.2, 0.25) is 0 Å². The van der Waals surface area contributed by atoms with Crippen molar-refractivity contribution in [2.45, 2.75) is 22.2 Å². The fourth-order valence-electron chi connectivity index (χ4n) is 0.333. The van der Waals surface area contributed by atoms with Crippen molar-refractivity contribution in [2.75, 3.05) is 0 Å². The summed E-state index contributed by atoms with van der Waals surface area (Å²) in [5.41, 5.74) is 7.51. The second-order valence-corrected chi connectivity index (χ2v) is 7.03. The van der Waals surface area contributed by atoms with Crippen molar-refractivity contribution >= 4 is 47.8 Å². The summed E-state index contributed by atoms with van der Waals surface area (Å²) in [5.74, 6) is 0. The molecule has 0 aromatic carbocycles. The van der Waals surface area contributed by atoms with Crippen molar-refractivity contribution in [1.82, 2.24) is 0 Å². The van der Waals surface area contributed by atoms with Gasteiger partial charge >= 0.3 is 0 Å². The third-order valence-electron chi connectivity index (χ3n) is 1.52. The summed E-state index contributed by atoms with van der Waals surface area (Å²) in [6, 6.07) is 0. The summed E-state index contributed by atoms with van der Waals surface area (Å²) in [6.45, 7) is 3.48. The molecule has 0 spiro atoms. The van der Waals surface area contributed by atoms with Crippen LogP contribution in [0.2, 0.25) is 0 Å². The average molecular weight is 366 g/mol. The smallest absolute Gasteiger partial charge is 0.181 e. The zero-order chi connectivity index (χ0) is 9.99. The first-order chi connectivity index (χ1) is 5.23. The second-order valence-electron chi connectivity index (χ2n) is 2.80. The molecule has 12 heavy (non-hydrogen) atoms. The van der Waals surface area contributed by atoms with E-state index in [-0.39, 0.29) is 0 Å². The molecule has 0 aliphatic carbocycles. The maximum Gasteiger partial charge on any atom is 0.181 e. The maximum absolute atomic E-state index is 9.56. The Bertz CT molecular complexity index is 206. The van der Waals surface area contributed by atoms with Crippen molar-refractivity contribution in [3.63, 3.8) is 0 Å². The van der Waals surface area contributed by atoms with Crippen molar-refractivity contribution in [3.05, 3.63) is 10.4 Å². The number of halogens is 3. The van der Waals surface area contributed by atoms with Gasteiger partial charge in [-0.3, -0.25) is 0 Å². The van der Waals surface area contributed by atoms with Crippen LogP contribution in [0.15, 0.2) is 5.11 Å². The van der Waals surface area contributed by atoms with E-state index in [0.29, 0.717) is 0 Å². The molecule has 7 heteroatoms. The fraction of sp³-hybridized carbons (Fsp3) is 1.00. The molecule has 0 heterocycles. The van der Waals surface area contributed by atoms with E-state index < -0.39 is 13.8 Å². The molecule has 0 aliphatic heterocycles. The molecular weight excluding hydrogens is 358 g/mol. The maximum atomic E-state index is 9.56. The summed E-state index contributed by atoms with van der Waals surface area (Å²) in [5, 5.41) is 13.0. The lowest BCUT2D eigenvalue weighted by Crippen LogP contribution is -2.39. The number of nitrogens with zero attached hydrogens (tertiary/aromatic N) is 3. The minimum Gasteiger partial charge on any atom is -0.369 e. The van der Waals surface area contributed by atoms with Crippen molar-refractivity contribution in [3.8, 4) is 0 Å². The van der Waals surface area contributed by atoms with E-state index in [2.05, 4.69) is 57.8 Å². The highest BCUT2D eigenvalue weighted by Crippen LogP contribution is 2.46. The van der Waals surface area contributed by atoms with Crippen LogP contribution < -0.4 is 0 Å². The molecule has 0 aliphatic rings. The van der Waals surface area contributed by atoms with Crippen LogP contribution in [0.25, 0.3) is 10.4 Å². The van der Waals surface area contributed by atoms with E-state index in [4.69, 9.17) is 5.53 Å². The molecule has 0 saturated heterocycles. The number of alkyl halides is 3. The lowest BCUT2D eigenvalue weighted by atomic mass is 9.95. The van der Waals surface area contributed by atoms with E-state index >= 15 is 0 Å². The van der Waals surface area contributed by atoms with Crippen molar-refractivity contribution in [2.24, 2.45) is 10.5 Å². The average Bonchev–Trinajstić information content (AvgIpc) is 1.85. The second kappa shape index (κ2) is 4.28. The predicted octanol–water partition coefficient (Wildman–Crippen LogP) is 3.48. The van der Waals surface area contributed by atoms with Crippen LogP contribution in [0.5, 0.6) is 0 Å². The Morgan fingerprint density at radius 1 is 1.50 bits per heavy atom. The molecule has 0 saturated carbocycles. The van der Waals surface area contributed by atoms with Gasteiger partial charge in [-0.25, -0.2) is 0 Å². The Morgan fingerprint density at radius 2 is 1.92 bits per heavy atom. The zero-order valence-corrected chi connectivity index (χ0v) is 11.3. The Kier molecular flexibility index (Phi) is 4.54. The molecule has 0 aromatic heterocycles. The normalized spacial score (nSPS) is 15.2. The molecular formula is C5H8Br3N3O. The number of rotatable bonds is 3. The first-order valence-electron chi connectivity index (χ1n) is 3.02. The van der Waals surface area contributed by atoms with Gasteiger partial charge in [-0.1, -0.05) is 34.9 Å². The van der Waals surface area contributed by atoms with E-state index in [9.17, 15) is 5.11 Å². The SMILES string of the molecule is CC(C)(C(Br)N=[N+]=[N-])C(O)(Br)Br. The van der Waals surface area contributed by atoms with Crippen LogP contribution in [0, 0.1) is 5.41 Å². The lowest BCUT2D eigenvalue weighted by Gasteiger charge is -2.35. The molecule has 0 bridgehead atoms. The van der Waals surface area contributed by atoms with Crippen LogP contribution in [0.4, 0.5) is 0 Å². The minimum atomic E-state index is -1.27. The lowest BCUT2D eigenvalue weighted by molar-refractivity contribution is 0.109. The van der Waals surface area contributed by atoms with E-state index in [1.807, 2.05) is 0 Å². The zero-order valence-electron chi connectivity index (χ0n) is 6.50. The van der Waals surface area contributed by atoms with E-state index in [1.54, 1.807) is 13.8 Å². The quantitative estimate of drug-likeness (QED) is 0.269. The fourth-order valence-corrected chi connectivity index (χ4v) is 1.79. The molecule has 1 atom stereocenters. The topological polar surface area (TPSA) is 69.0 Å². The largest absolute Gasteiger partial charge is 0.369 e. The van der Waals surface area contributed by atoms with Gasteiger partial charge in [0, 0.05) is 10.3 Å². The number of azide groups is 1. The van der Waals surface area contributed by atoms with Crippen LogP contribution in [0.1, 0.15) is 13.8 Å². The number of hydrogen-bond donors (Lipinski definition) is 1. The summed E-state index contributed by atoms with van der Waals surface area (Å²) in [7, 11) is 0. The Labute approximate surface area is 95.7 Å². The van der Waals surface area contributed by atoms with Gasteiger partial charge in [-0.05, 0) is 37.4 Å². The van der Waals surface area contributed by atoms with Crippen molar-refractivity contribution in [1.29, 1.82) is 0 Å². The monoisotopic (exact) mass is 363 g/mol. The van der Waals surface area contributed by atoms with Gasteiger partial charge < -0.3 is 5.11 Å².